The van der Waals surface area contributed by atoms with Gasteiger partial charge in [0, 0.05) is 12.5 Å². The van der Waals surface area contributed by atoms with Crippen molar-refractivity contribution in [3.05, 3.63) is 59.7 Å². The Bertz CT molecular complexity index is 1070. The first-order valence-corrected chi connectivity index (χ1v) is 12.6. The zero-order chi connectivity index (χ0) is 24.4. The molecule has 2 saturated carbocycles. The highest BCUT2D eigenvalue weighted by molar-refractivity contribution is 5.86. The van der Waals surface area contributed by atoms with E-state index in [1.54, 1.807) is 0 Å². The molecular formula is C28H32N2O5. The lowest BCUT2D eigenvalue weighted by Crippen LogP contribution is -2.48. The second kappa shape index (κ2) is 10.1. The molecule has 0 radical (unpaired) electrons. The standard InChI is InChI=1S/C28H32N2O5/c31-26(29-15-18-6-5-11-19(18)27(32)33)25(14-17-12-13-17)30-28(34)35-16-24-22-9-3-1-7-20(22)21-8-2-4-10-23(21)24/h1-4,7-10,17-19,24-25H,5-6,11-16H2,(H,29,31)(H,30,34)(H,32,33)/t18-,19-,25-/m0/s1. The Morgan fingerprint density at radius 1 is 0.943 bits per heavy atom. The SMILES string of the molecule is O=C(N[C@@H](CC1CC1)C(=O)NC[C@@H]1CCC[C@@H]1C(=O)O)OCC1c2ccccc2-c2ccccc21. The predicted molar refractivity (Wildman–Crippen MR) is 131 cm³/mol. The van der Waals surface area contributed by atoms with Crippen LogP contribution in [0, 0.1) is 17.8 Å². The molecular weight excluding hydrogens is 444 g/mol. The quantitative estimate of drug-likeness (QED) is 0.500. The van der Waals surface area contributed by atoms with Gasteiger partial charge in [-0.15, -0.1) is 0 Å². The number of hydrogen-bond donors (Lipinski definition) is 3. The summed E-state index contributed by atoms with van der Waals surface area (Å²) in [5, 5.41) is 15.1. The highest BCUT2D eigenvalue weighted by Crippen LogP contribution is 2.44. The van der Waals surface area contributed by atoms with E-state index in [1.807, 2.05) is 24.3 Å². The van der Waals surface area contributed by atoms with Gasteiger partial charge >= 0.3 is 12.1 Å². The lowest BCUT2D eigenvalue weighted by atomic mass is 9.96. The van der Waals surface area contributed by atoms with Crippen LogP contribution in [0.1, 0.15) is 55.6 Å². The van der Waals surface area contributed by atoms with Crippen LogP contribution in [0.3, 0.4) is 0 Å². The van der Waals surface area contributed by atoms with Gasteiger partial charge in [-0.2, -0.15) is 0 Å². The molecule has 2 aromatic rings. The molecule has 0 bridgehead atoms. The Morgan fingerprint density at radius 2 is 1.60 bits per heavy atom. The van der Waals surface area contributed by atoms with Gasteiger partial charge in [-0.25, -0.2) is 4.79 Å². The molecule has 3 N–H and O–H groups in total. The second-order valence-corrected chi connectivity index (χ2v) is 10.1. The van der Waals surface area contributed by atoms with E-state index < -0.39 is 24.0 Å². The first kappa shape index (κ1) is 23.4. The average molecular weight is 477 g/mol. The van der Waals surface area contributed by atoms with Crippen LogP contribution in [0.25, 0.3) is 11.1 Å². The van der Waals surface area contributed by atoms with Crippen LogP contribution in [0.15, 0.2) is 48.5 Å². The minimum absolute atomic E-state index is 0.0424. The van der Waals surface area contributed by atoms with Gasteiger partial charge in [0.2, 0.25) is 5.91 Å². The summed E-state index contributed by atoms with van der Waals surface area (Å²) in [5.74, 6) is -1.15. The van der Waals surface area contributed by atoms with E-state index >= 15 is 0 Å². The largest absolute Gasteiger partial charge is 0.481 e. The molecule has 0 unspecified atom stereocenters. The molecule has 3 aliphatic carbocycles. The van der Waals surface area contributed by atoms with Gasteiger partial charge in [0.1, 0.15) is 12.6 Å². The van der Waals surface area contributed by atoms with Crippen molar-refractivity contribution in [2.45, 2.75) is 50.5 Å². The highest BCUT2D eigenvalue weighted by atomic mass is 16.5. The van der Waals surface area contributed by atoms with Gasteiger partial charge in [0.05, 0.1) is 5.92 Å². The molecule has 0 aliphatic heterocycles. The van der Waals surface area contributed by atoms with Crippen molar-refractivity contribution in [2.75, 3.05) is 13.2 Å². The van der Waals surface area contributed by atoms with Crippen molar-refractivity contribution >= 4 is 18.0 Å². The number of hydrogen-bond acceptors (Lipinski definition) is 4. The molecule has 184 valence electrons. The van der Waals surface area contributed by atoms with Crippen molar-refractivity contribution in [3.8, 4) is 11.1 Å². The Labute approximate surface area is 205 Å². The maximum Gasteiger partial charge on any atom is 0.407 e. The Morgan fingerprint density at radius 3 is 2.23 bits per heavy atom. The predicted octanol–water partition coefficient (Wildman–Crippen LogP) is 4.31. The molecule has 5 rings (SSSR count). The minimum atomic E-state index is -0.798. The summed E-state index contributed by atoms with van der Waals surface area (Å²) in [7, 11) is 0. The van der Waals surface area contributed by atoms with E-state index in [4.69, 9.17) is 4.74 Å². The van der Waals surface area contributed by atoms with Gasteiger partial charge < -0.3 is 20.5 Å². The molecule has 2 amide bonds. The van der Waals surface area contributed by atoms with E-state index in [0.717, 1.165) is 47.9 Å². The molecule has 3 atom stereocenters. The van der Waals surface area contributed by atoms with Gasteiger partial charge in [0.15, 0.2) is 0 Å². The van der Waals surface area contributed by atoms with Crippen molar-refractivity contribution in [1.29, 1.82) is 0 Å². The highest BCUT2D eigenvalue weighted by Gasteiger charge is 2.35. The summed E-state index contributed by atoms with van der Waals surface area (Å²) in [6, 6.07) is 15.6. The first-order valence-electron chi connectivity index (χ1n) is 12.6. The van der Waals surface area contributed by atoms with Gasteiger partial charge in [-0.1, -0.05) is 67.8 Å². The molecule has 35 heavy (non-hydrogen) atoms. The number of fused-ring (bicyclic) bond motifs is 3. The summed E-state index contributed by atoms with van der Waals surface area (Å²) in [6.45, 7) is 0.517. The minimum Gasteiger partial charge on any atom is -0.481 e. The van der Waals surface area contributed by atoms with Gasteiger partial charge in [-0.3, -0.25) is 9.59 Å². The second-order valence-electron chi connectivity index (χ2n) is 10.1. The summed E-state index contributed by atoms with van der Waals surface area (Å²) >= 11 is 0. The summed E-state index contributed by atoms with van der Waals surface area (Å²) in [4.78, 5) is 37.1. The number of carboxylic acids is 1. The number of alkyl carbamates (subject to hydrolysis) is 1. The zero-order valence-electron chi connectivity index (χ0n) is 19.7. The van der Waals surface area contributed by atoms with Crippen LogP contribution in [-0.4, -0.2) is 42.3 Å². The van der Waals surface area contributed by atoms with E-state index in [2.05, 4.69) is 34.9 Å². The van der Waals surface area contributed by atoms with Crippen molar-refractivity contribution in [1.82, 2.24) is 10.6 Å². The van der Waals surface area contributed by atoms with E-state index in [9.17, 15) is 19.5 Å². The third-order valence-electron chi connectivity index (χ3n) is 7.73. The fourth-order valence-electron chi connectivity index (χ4n) is 5.66. The van der Waals surface area contributed by atoms with Crippen molar-refractivity contribution in [2.24, 2.45) is 17.8 Å². The van der Waals surface area contributed by atoms with Crippen LogP contribution >= 0.6 is 0 Å². The number of amides is 2. The summed E-state index contributed by atoms with van der Waals surface area (Å²) in [5.41, 5.74) is 4.60. The van der Waals surface area contributed by atoms with Crippen LogP contribution in [-0.2, 0) is 14.3 Å². The molecule has 7 heteroatoms. The average Bonchev–Trinajstić information content (AvgIpc) is 3.45. The lowest BCUT2D eigenvalue weighted by Gasteiger charge is -2.22. The van der Waals surface area contributed by atoms with E-state index in [1.165, 1.54) is 0 Å². The van der Waals surface area contributed by atoms with E-state index in [0.29, 0.717) is 25.3 Å². The smallest absolute Gasteiger partial charge is 0.407 e. The maximum atomic E-state index is 12.9. The summed E-state index contributed by atoms with van der Waals surface area (Å²) in [6.07, 6.45) is 4.39. The molecule has 2 aromatic carbocycles. The number of ether oxygens (including phenoxy) is 1. The van der Waals surface area contributed by atoms with Gasteiger partial charge in [0.25, 0.3) is 0 Å². The third-order valence-corrected chi connectivity index (χ3v) is 7.73. The molecule has 2 fully saturated rings. The maximum absolute atomic E-state index is 12.9. The number of rotatable bonds is 9. The van der Waals surface area contributed by atoms with Crippen LogP contribution < -0.4 is 10.6 Å². The first-order chi connectivity index (χ1) is 17.0. The Kier molecular flexibility index (Phi) is 6.75. The molecule has 0 spiro atoms. The topological polar surface area (TPSA) is 105 Å². The zero-order valence-corrected chi connectivity index (χ0v) is 19.7. The normalized spacial score (nSPS) is 21.6. The number of aliphatic carboxylic acids is 1. The van der Waals surface area contributed by atoms with Crippen LogP contribution in [0.2, 0.25) is 0 Å². The number of nitrogens with one attached hydrogen (secondary N) is 2. The molecule has 3 aliphatic rings. The molecule has 0 aromatic heterocycles. The third kappa shape index (κ3) is 5.19. The monoisotopic (exact) mass is 476 g/mol. The number of carbonyl (C=O) groups excluding carboxylic acids is 2. The van der Waals surface area contributed by atoms with E-state index in [-0.39, 0.29) is 24.3 Å². The molecule has 0 heterocycles. The number of carboxylic acid groups (broad SMARTS) is 1. The molecule has 7 nitrogen and oxygen atoms in total. The number of carbonyl (C=O) groups is 3. The Hall–Kier alpha value is -3.35. The Balaban J connectivity index is 1.19. The number of benzene rings is 2. The van der Waals surface area contributed by atoms with Crippen molar-refractivity contribution in [3.63, 3.8) is 0 Å². The summed E-state index contributed by atoms with van der Waals surface area (Å²) < 4.78 is 5.64. The van der Waals surface area contributed by atoms with Gasteiger partial charge in [-0.05, 0) is 53.4 Å². The fourth-order valence-corrected chi connectivity index (χ4v) is 5.66. The fraction of sp³-hybridized carbons (Fsp3) is 0.464. The lowest BCUT2D eigenvalue weighted by molar-refractivity contribution is -0.143. The van der Waals surface area contributed by atoms with Crippen molar-refractivity contribution < 1.29 is 24.2 Å². The van der Waals surface area contributed by atoms with Crippen LogP contribution in [0.4, 0.5) is 4.79 Å². The molecule has 0 saturated heterocycles. The van der Waals surface area contributed by atoms with Crippen LogP contribution in [0.5, 0.6) is 0 Å².